The molecule has 4 rings (SSSR count). The first-order valence-corrected chi connectivity index (χ1v) is 11.7. The van der Waals surface area contributed by atoms with Crippen LogP contribution in [0, 0.1) is 5.92 Å². The number of methoxy groups -OCH3 is 1. The van der Waals surface area contributed by atoms with Crippen molar-refractivity contribution in [3.63, 3.8) is 0 Å². The summed E-state index contributed by atoms with van der Waals surface area (Å²) in [7, 11) is 1.31. The van der Waals surface area contributed by atoms with E-state index in [1.807, 2.05) is 0 Å². The number of fused-ring (bicyclic) bond motifs is 1. The number of nitrogens with zero attached hydrogens (tertiary/aromatic N) is 2. The molecule has 1 aromatic carbocycles. The Kier molecular flexibility index (Phi) is 6.83. The quantitative estimate of drug-likeness (QED) is 0.585. The molecule has 0 radical (unpaired) electrons. The van der Waals surface area contributed by atoms with E-state index in [1.165, 1.54) is 7.11 Å². The number of benzene rings is 1. The van der Waals surface area contributed by atoms with E-state index >= 15 is 0 Å². The number of amides is 1. The van der Waals surface area contributed by atoms with E-state index in [2.05, 4.69) is 18.7 Å². The summed E-state index contributed by atoms with van der Waals surface area (Å²) < 4.78 is 25.0. The average molecular weight is 459 g/mol. The lowest BCUT2D eigenvalue weighted by Crippen LogP contribution is -2.42. The molecule has 1 fully saturated rings. The molecule has 0 saturated heterocycles. The zero-order chi connectivity index (χ0) is 23.7. The van der Waals surface area contributed by atoms with Crippen LogP contribution >= 0.6 is 0 Å². The number of rotatable bonds is 7. The number of ketones is 1. The van der Waals surface area contributed by atoms with Gasteiger partial charge in [-0.3, -0.25) is 9.59 Å². The van der Waals surface area contributed by atoms with E-state index in [-0.39, 0.29) is 23.9 Å². The van der Waals surface area contributed by atoms with Gasteiger partial charge in [0.25, 0.3) is 5.91 Å². The third-order valence-electron chi connectivity index (χ3n) is 7.08. The second kappa shape index (κ2) is 9.63. The van der Waals surface area contributed by atoms with Crippen LogP contribution in [-0.4, -0.2) is 73.0 Å². The van der Waals surface area contributed by atoms with E-state index < -0.39 is 30.2 Å². The third kappa shape index (κ3) is 4.28. The number of hydrogen-bond acceptors (Lipinski definition) is 6. The van der Waals surface area contributed by atoms with Gasteiger partial charge in [0.1, 0.15) is 12.3 Å². The Morgan fingerprint density at radius 2 is 1.88 bits per heavy atom. The van der Waals surface area contributed by atoms with E-state index in [9.17, 15) is 18.8 Å². The number of carbonyl (C=O) groups excluding carboxylic acids is 3. The fraction of sp³-hybridized carbons (Fsp3) is 0.560. The van der Waals surface area contributed by atoms with Crippen molar-refractivity contribution >= 4 is 17.7 Å². The van der Waals surface area contributed by atoms with Gasteiger partial charge in [0.2, 0.25) is 0 Å². The summed E-state index contributed by atoms with van der Waals surface area (Å²) in [6.07, 6.45) is -0.580. The molecule has 1 amide bonds. The molecule has 8 heteroatoms. The van der Waals surface area contributed by atoms with Gasteiger partial charge >= 0.3 is 5.97 Å². The first-order chi connectivity index (χ1) is 15.9. The molecule has 2 aliphatic heterocycles. The fourth-order valence-electron chi connectivity index (χ4n) is 5.15. The second-order valence-electron chi connectivity index (χ2n) is 8.82. The number of alkyl halides is 1. The number of carbonyl (C=O) groups is 3. The summed E-state index contributed by atoms with van der Waals surface area (Å²) in [5.74, 6) is -1.41. The van der Waals surface area contributed by atoms with Crippen LogP contribution in [0.1, 0.15) is 55.1 Å². The Labute approximate surface area is 193 Å². The van der Waals surface area contributed by atoms with Crippen molar-refractivity contribution in [1.82, 2.24) is 9.80 Å². The Morgan fingerprint density at radius 3 is 2.52 bits per heavy atom. The Hall–Kier alpha value is -2.74. The molecular weight excluding hydrogens is 427 g/mol. The minimum absolute atomic E-state index is 0.111. The van der Waals surface area contributed by atoms with Crippen molar-refractivity contribution in [2.24, 2.45) is 5.92 Å². The molecule has 0 aromatic heterocycles. The highest BCUT2D eigenvalue weighted by Gasteiger charge is 2.52. The normalized spacial score (nSPS) is 26.9. The van der Waals surface area contributed by atoms with E-state index in [0.717, 1.165) is 13.1 Å². The van der Waals surface area contributed by atoms with Crippen LogP contribution in [0.3, 0.4) is 0 Å². The summed E-state index contributed by atoms with van der Waals surface area (Å²) in [4.78, 5) is 42.8. The SMILES string of the molecule is CCN(CC)CCN1C(=O)C2=C(C(=O)C3CC(F)CCC3O2)C1c1ccc(C(=O)OC)cc1. The molecule has 4 atom stereocenters. The predicted molar refractivity (Wildman–Crippen MR) is 119 cm³/mol. The maximum Gasteiger partial charge on any atom is 0.337 e. The largest absolute Gasteiger partial charge is 0.483 e. The zero-order valence-corrected chi connectivity index (χ0v) is 19.4. The number of hydrogen-bond donors (Lipinski definition) is 0. The van der Waals surface area contributed by atoms with Crippen molar-refractivity contribution < 1.29 is 28.2 Å². The minimum Gasteiger partial charge on any atom is -0.483 e. The Bertz CT molecular complexity index is 956. The van der Waals surface area contributed by atoms with Crippen LogP contribution in [0.15, 0.2) is 35.6 Å². The van der Waals surface area contributed by atoms with Crippen molar-refractivity contribution in [1.29, 1.82) is 0 Å². The second-order valence-corrected chi connectivity index (χ2v) is 8.82. The number of ether oxygens (including phenoxy) is 2. The number of esters is 1. The standard InChI is InChI=1S/C25H31FN2O5/c1-4-27(5-2)12-13-28-21(15-6-8-16(9-7-15)25(31)32-3)20-22(29)18-14-17(26)10-11-19(18)33-23(20)24(28)30/h6-9,17-19,21H,4-5,10-14H2,1-3H3. The average Bonchev–Trinajstić information content (AvgIpc) is 3.11. The zero-order valence-electron chi connectivity index (χ0n) is 19.4. The highest BCUT2D eigenvalue weighted by Crippen LogP contribution is 2.47. The van der Waals surface area contributed by atoms with E-state index in [0.29, 0.717) is 42.6 Å². The smallest absolute Gasteiger partial charge is 0.337 e. The summed E-state index contributed by atoms with van der Waals surface area (Å²) in [6, 6.07) is 6.11. The minimum atomic E-state index is -1.03. The Balaban J connectivity index is 1.71. The van der Waals surface area contributed by atoms with Gasteiger partial charge in [0, 0.05) is 13.1 Å². The van der Waals surface area contributed by atoms with Crippen LogP contribution in [-0.2, 0) is 19.1 Å². The maximum absolute atomic E-state index is 14.1. The summed E-state index contributed by atoms with van der Waals surface area (Å²) in [5, 5.41) is 0. The molecule has 1 saturated carbocycles. The van der Waals surface area contributed by atoms with Crippen molar-refractivity contribution in [3.8, 4) is 0 Å². The molecule has 0 N–H and O–H groups in total. The molecule has 0 spiro atoms. The molecule has 4 unspecified atom stereocenters. The molecule has 1 aliphatic carbocycles. The summed E-state index contributed by atoms with van der Waals surface area (Å²) in [6.45, 7) is 6.90. The van der Waals surface area contributed by atoms with Crippen molar-refractivity contribution in [2.45, 2.75) is 51.4 Å². The van der Waals surface area contributed by atoms with Gasteiger partial charge < -0.3 is 19.3 Å². The van der Waals surface area contributed by atoms with Crippen LogP contribution in [0.25, 0.3) is 0 Å². The van der Waals surface area contributed by atoms with Gasteiger partial charge in [-0.25, -0.2) is 9.18 Å². The van der Waals surface area contributed by atoms with Gasteiger partial charge in [0.15, 0.2) is 11.5 Å². The molecule has 2 heterocycles. The molecule has 7 nitrogen and oxygen atoms in total. The highest BCUT2D eigenvalue weighted by molar-refractivity contribution is 6.11. The first-order valence-electron chi connectivity index (χ1n) is 11.7. The highest BCUT2D eigenvalue weighted by atomic mass is 19.1. The number of likely N-dealkylation sites (N-methyl/N-ethyl adjacent to an activating group) is 1. The van der Waals surface area contributed by atoms with Crippen LogP contribution in [0.4, 0.5) is 4.39 Å². The number of Topliss-reactive ketones (excluding diaryl/α,β-unsaturated/α-hetero) is 1. The lowest BCUT2D eigenvalue weighted by atomic mass is 9.77. The van der Waals surface area contributed by atoms with Crippen molar-refractivity contribution in [3.05, 3.63) is 46.7 Å². The van der Waals surface area contributed by atoms with Crippen molar-refractivity contribution in [2.75, 3.05) is 33.3 Å². The molecule has 0 bridgehead atoms. The molecule has 178 valence electrons. The topological polar surface area (TPSA) is 76.2 Å². The molecule has 33 heavy (non-hydrogen) atoms. The molecule has 3 aliphatic rings. The fourth-order valence-corrected chi connectivity index (χ4v) is 5.15. The van der Waals surface area contributed by atoms with Gasteiger partial charge in [-0.15, -0.1) is 0 Å². The summed E-state index contributed by atoms with van der Waals surface area (Å²) in [5.41, 5.74) is 1.41. The lowest BCUT2D eigenvalue weighted by molar-refractivity contribution is -0.136. The van der Waals surface area contributed by atoms with Crippen LogP contribution in [0.2, 0.25) is 0 Å². The van der Waals surface area contributed by atoms with E-state index in [4.69, 9.17) is 9.47 Å². The predicted octanol–water partition coefficient (Wildman–Crippen LogP) is 3.06. The third-order valence-corrected chi connectivity index (χ3v) is 7.08. The maximum atomic E-state index is 14.1. The number of halogens is 1. The van der Waals surface area contributed by atoms with Crippen LogP contribution in [0.5, 0.6) is 0 Å². The summed E-state index contributed by atoms with van der Waals surface area (Å²) >= 11 is 0. The van der Waals surface area contributed by atoms with Gasteiger partial charge in [-0.05, 0) is 50.0 Å². The van der Waals surface area contributed by atoms with Gasteiger partial charge in [-0.2, -0.15) is 0 Å². The first kappa shape index (κ1) is 23.4. The van der Waals surface area contributed by atoms with E-state index in [1.54, 1.807) is 29.2 Å². The molecule has 1 aromatic rings. The van der Waals surface area contributed by atoms with Gasteiger partial charge in [0.05, 0.1) is 30.2 Å². The van der Waals surface area contributed by atoms with Crippen LogP contribution < -0.4 is 0 Å². The lowest BCUT2D eigenvalue weighted by Gasteiger charge is -2.36. The monoisotopic (exact) mass is 458 g/mol. The molecular formula is C25H31FN2O5. The Morgan fingerprint density at radius 1 is 1.18 bits per heavy atom. The van der Waals surface area contributed by atoms with Gasteiger partial charge in [-0.1, -0.05) is 26.0 Å².